The lowest BCUT2D eigenvalue weighted by Gasteiger charge is -2.03. The summed E-state index contributed by atoms with van der Waals surface area (Å²) in [5, 5.41) is 0. The Kier molecular flexibility index (Phi) is 19.0. The normalized spacial score (nSPS) is 11.4. The second-order valence-corrected chi connectivity index (χ2v) is 10.1. The van der Waals surface area contributed by atoms with E-state index in [9.17, 15) is 13.0 Å². The SMILES string of the molecule is CCCCCCCCCCCCCCCCCC[n+]1c(C)cc(C)n1C.COS(=O)(=O)[O-]. The molecule has 0 fully saturated rings. The molecule has 32 heavy (non-hydrogen) atoms. The van der Waals surface area contributed by atoms with Crippen molar-refractivity contribution in [3.05, 3.63) is 17.5 Å². The zero-order valence-electron chi connectivity index (χ0n) is 21.5. The van der Waals surface area contributed by atoms with Crippen molar-refractivity contribution in [3.8, 4) is 0 Å². The predicted molar refractivity (Wildman–Crippen MR) is 131 cm³/mol. The lowest BCUT2D eigenvalue weighted by Crippen LogP contribution is -2.44. The van der Waals surface area contributed by atoms with E-state index in [0.29, 0.717) is 0 Å². The molecule has 0 spiro atoms. The highest BCUT2D eigenvalue weighted by molar-refractivity contribution is 7.80. The van der Waals surface area contributed by atoms with E-state index in [0.717, 1.165) is 7.11 Å². The van der Waals surface area contributed by atoms with E-state index in [2.05, 4.69) is 47.4 Å². The van der Waals surface area contributed by atoms with E-state index in [-0.39, 0.29) is 0 Å². The molecule has 6 nitrogen and oxygen atoms in total. The van der Waals surface area contributed by atoms with Crippen molar-refractivity contribution in [1.82, 2.24) is 4.68 Å². The number of nitrogens with zero attached hydrogens (tertiary/aromatic N) is 2. The van der Waals surface area contributed by atoms with Gasteiger partial charge in [0.15, 0.2) is 6.54 Å². The van der Waals surface area contributed by atoms with E-state index in [4.69, 9.17) is 0 Å². The van der Waals surface area contributed by atoms with Gasteiger partial charge in [-0.2, -0.15) is 4.68 Å². The molecule has 0 aliphatic carbocycles. The highest BCUT2D eigenvalue weighted by Gasteiger charge is 2.13. The average molecular weight is 475 g/mol. The third-order valence-corrected chi connectivity index (χ3v) is 6.53. The molecule has 0 saturated heterocycles. The maximum absolute atomic E-state index is 9.22. The minimum absolute atomic E-state index is 0.808. The van der Waals surface area contributed by atoms with Gasteiger partial charge in [-0.3, -0.25) is 4.18 Å². The number of rotatable bonds is 18. The summed E-state index contributed by atoms with van der Waals surface area (Å²) >= 11 is 0. The number of aryl methyl sites for hydroxylation is 2. The van der Waals surface area contributed by atoms with Crippen LogP contribution in [0.25, 0.3) is 0 Å². The monoisotopic (exact) mass is 474 g/mol. The third kappa shape index (κ3) is 17.6. The summed E-state index contributed by atoms with van der Waals surface area (Å²) in [6.07, 6.45) is 23.0. The van der Waals surface area contributed by atoms with Crippen LogP contribution in [0, 0.1) is 13.8 Å². The molecule has 0 atom stereocenters. The Bertz CT molecular complexity index is 672. The first kappa shape index (κ1) is 31.1. The van der Waals surface area contributed by atoms with Crippen LogP contribution in [-0.4, -0.2) is 24.8 Å². The van der Waals surface area contributed by atoms with Crippen molar-refractivity contribution in [2.75, 3.05) is 7.11 Å². The van der Waals surface area contributed by atoms with Crippen LogP contribution in [0.2, 0.25) is 0 Å². The van der Waals surface area contributed by atoms with Gasteiger partial charge in [0, 0.05) is 19.4 Å². The molecule has 0 aromatic carbocycles. The van der Waals surface area contributed by atoms with Gasteiger partial charge in [-0.15, -0.1) is 4.68 Å². The molecular formula is C25H50N2O4S. The lowest BCUT2D eigenvalue weighted by molar-refractivity contribution is -0.778. The zero-order valence-corrected chi connectivity index (χ0v) is 22.4. The smallest absolute Gasteiger partial charge is 0.217 e. The Labute approximate surface area is 198 Å². The van der Waals surface area contributed by atoms with Gasteiger partial charge in [-0.05, 0) is 13.3 Å². The Morgan fingerprint density at radius 2 is 1.16 bits per heavy atom. The second-order valence-electron chi connectivity index (χ2n) is 8.95. The van der Waals surface area contributed by atoms with Gasteiger partial charge in [0.25, 0.3) is 0 Å². The van der Waals surface area contributed by atoms with Crippen LogP contribution in [0.1, 0.15) is 121 Å². The van der Waals surface area contributed by atoms with Gasteiger partial charge in [0.05, 0.1) is 19.9 Å². The van der Waals surface area contributed by atoms with Crippen molar-refractivity contribution in [2.45, 2.75) is 130 Å². The summed E-state index contributed by atoms with van der Waals surface area (Å²) in [5.41, 5.74) is 2.75. The maximum atomic E-state index is 9.22. The molecule has 1 aromatic rings. The molecular weight excluding hydrogens is 424 g/mol. The van der Waals surface area contributed by atoms with Crippen molar-refractivity contribution in [1.29, 1.82) is 0 Å². The minimum atomic E-state index is -4.41. The topological polar surface area (TPSA) is 75.2 Å². The molecule has 0 amide bonds. The summed E-state index contributed by atoms with van der Waals surface area (Å²) in [4.78, 5) is 0. The third-order valence-electron chi connectivity index (χ3n) is 6.13. The van der Waals surface area contributed by atoms with Gasteiger partial charge >= 0.3 is 0 Å². The summed E-state index contributed by atoms with van der Waals surface area (Å²) in [7, 11) is -1.43. The van der Waals surface area contributed by atoms with E-state index >= 15 is 0 Å². The van der Waals surface area contributed by atoms with Gasteiger partial charge in [0.2, 0.25) is 16.1 Å². The van der Waals surface area contributed by atoms with E-state index in [1.807, 2.05) is 0 Å². The van der Waals surface area contributed by atoms with Crippen molar-refractivity contribution < 1.29 is 21.8 Å². The Morgan fingerprint density at radius 3 is 1.44 bits per heavy atom. The van der Waals surface area contributed by atoms with E-state index in [1.54, 1.807) is 0 Å². The zero-order chi connectivity index (χ0) is 24.2. The van der Waals surface area contributed by atoms with Crippen LogP contribution in [-0.2, 0) is 28.2 Å². The van der Waals surface area contributed by atoms with Crippen molar-refractivity contribution in [2.24, 2.45) is 7.05 Å². The van der Waals surface area contributed by atoms with Crippen LogP contribution in [0.15, 0.2) is 6.07 Å². The molecule has 0 aliphatic rings. The molecule has 1 rings (SSSR count). The van der Waals surface area contributed by atoms with Crippen LogP contribution in [0.3, 0.4) is 0 Å². The van der Waals surface area contributed by atoms with Gasteiger partial charge < -0.3 is 4.55 Å². The second kappa shape index (κ2) is 19.5. The maximum Gasteiger partial charge on any atom is 0.217 e. The van der Waals surface area contributed by atoms with E-state index in [1.165, 1.54) is 121 Å². The Balaban J connectivity index is 0.00000140. The largest absolute Gasteiger partial charge is 0.726 e. The van der Waals surface area contributed by atoms with E-state index < -0.39 is 10.4 Å². The van der Waals surface area contributed by atoms with Crippen molar-refractivity contribution in [3.63, 3.8) is 0 Å². The number of hydrogen-bond donors (Lipinski definition) is 0. The summed E-state index contributed by atoms with van der Waals surface area (Å²) in [5.74, 6) is 0. The summed E-state index contributed by atoms with van der Waals surface area (Å²) in [6, 6.07) is 2.28. The summed E-state index contributed by atoms with van der Waals surface area (Å²) < 4.78 is 35.7. The fourth-order valence-corrected chi connectivity index (χ4v) is 4.03. The minimum Gasteiger partial charge on any atom is -0.726 e. The average Bonchev–Trinajstić information content (AvgIpc) is 2.99. The molecule has 1 heterocycles. The van der Waals surface area contributed by atoms with Gasteiger partial charge in [-0.1, -0.05) is 96.8 Å². The molecule has 0 unspecified atom stereocenters. The van der Waals surface area contributed by atoms with Crippen LogP contribution in [0.4, 0.5) is 0 Å². The first-order valence-corrected chi connectivity index (χ1v) is 14.1. The quantitative estimate of drug-likeness (QED) is 0.108. The molecule has 190 valence electrons. The van der Waals surface area contributed by atoms with Crippen LogP contribution < -0.4 is 4.68 Å². The highest BCUT2D eigenvalue weighted by Crippen LogP contribution is 2.13. The van der Waals surface area contributed by atoms with Crippen LogP contribution in [0.5, 0.6) is 0 Å². The number of hydrogen-bond acceptors (Lipinski definition) is 4. The first-order chi connectivity index (χ1) is 15.2. The lowest BCUT2D eigenvalue weighted by atomic mass is 10.0. The van der Waals surface area contributed by atoms with Gasteiger partial charge in [-0.25, -0.2) is 8.42 Å². The predicted octanol–water partition coefficient (Wildman–Crippen LogP) is 6.28. The molecule has 0 radical (unpaired) electrons. The molecule has 0 bridgehead atoms. The van der Waals surface area contributed by atoms with Gasteiger partial charge in [0.1, 0.15) is 0 Å². The van der Waals surface area contributed by atoms with Crippen molar-refractivity contribution >= 4 is 10.4 Å². The molecule has 1 aromatic heterocycles. The molecule has 0 saturated carbocycles. The number of aromatic nitrogens is 2. The molecule has 0 N–H and O–H groups in total. The Hall–Kier alpha value is -0.920. The fraction of sp³-hybridized carbons (Fsp3) is 0.880. The standard InChI is InChI=1S/C24H47N2.CH4O4S/c1-5-6-7-8-9-10-11-12-13-14-15-16-17-18-19-20-21-26-24(3)22-23(2)25(26)4;1-5-6(2,3)4/h22H,5-21H2,1-4H3;1H3,(H,2,3,4)/q+1;/p-1. The fourth-order valence-electron chi connectivity index (χ4n) is 4.03. The molecule has 7 heteroatoms. The Morgan fingerprint density at radius 1 is 0.812 bits per heavy atom. The highest BCUT2D eigenvalue weighted by atomic mass is 32.3. The number of unbranched alkanes of at least 4 members (excludes halogenated alkanes) is 15. The first-order valence-electron chi connectivity index (χ1n) is 12.8. The molecule has 0 aliphatic heterocycles. The summed E-state index contributed by atoms with van der Waals surface area (Å²) in [6.45, 7) is 7.89. The van der Waals surface area contributed by atoms with Crippen LogP contribution >= 0.6 is 0 Å².